The van der Waals surface area contributed by atoms with Gasteiger partial charge >= 0.3 is 0 Å². The zero-order valence-corrected chi connectivity index (χ0v) is 22.2. The van der Waals surface area contributed by atoms with E-state index in [0.29, 0.717) is 35.9 Å². The number of carbonyl (C=O) groups excluding carboxylic acids is 3. The molecule has 2 aromatic carbocycles. The first-order chi connectivity index (χ1) is 17.5. The van der Waals surface area contributed by atoms with Crippen molar-refractivity contribution < 1.29 is 28.2 Å². The van der Waals surface area contributed by atoms with Gasteiger partial charge in [-0.3, -0.25) is 18.9 Å². The van der Waals surface area contributed by atoms with E-state index in [4.69, 9.17) is 11.6 Å². The van der Waals surface area contributed by atoms with E-state index in [1.165, 1.54) is 30.0 Å². The van der Waals surface area contributed by atoms with Gasteiger partial charge in [0.05, 0.1) is 10.5 Å². The molecule has 0 radical (unpaired) electrons. The molecule has 0 bridgehead atoms. The fourth-order valence-corrected chi connectivity index (χ4v) is 5.84. The van der Waals surface area contributed by atoms with Crippen molar-refractivity contribution in [2.24, 2.45) is 0 Å². The second-order valence-corrected chi connectivity index (χ2v) is 12.1. The zero-order chi connectivity index (χ0) is 26.9. The molecule has 0 spiro atoms. The van der Waals surface area contributed by atoms with Crippen molar-refractivity contribution >= 4 is 52.8 Å². The molecule has 1 aliphatic rings. The summed E-state index contributed by atoms with van der Waals surface area (Å²) in [6, 6.07) is 8.55. The minimum Gasteiger partial charge on any atom is -0.350 e. The van der Waals surface area contributed by atoms with Gasteiger partial charge in [-0.15, -0.1) is 0 Å². The van der Waals surface area contributed by atoms with E-state index in [1.807, 2.05) is 0 Å². The van der Waals surface area contributed by atoms with Crippen LogP contribution in [0.4, 0.5) is 4.39 Å². The molecule has 37 heavy (non-hydrogen) atoms. The Labute approximate surface area is 218 Å². The highest BCUT2D eigenvalue weighted by molar-refractivity contribution is 7.66. The number of aromatic nitrogens is 1. The summed E-state index contributed by atoms with van der Waals surface area (Å²) in [5, 5.41) is 3.49. The molecule has 2 heterocycles. The van der Waals surface area contributed by atoms with Crippen LogP contribution in [0.5, 0.6) is 0 Å². The monoisotopic (exact) mass is 547 g/mol. The van der Waals surface area contributed by atoms with Crippen molar-refractivity contribution in [1.29, 1.82) is 0 Å². The van der Waals surface area contributed by atoms with E-state index in [1.54, 1.807) is 35.9 Å². The Morgan fingerprint density at radius 3 is 2.70 bits per heavy atom. The lowest BCUT2D eigenvalue weighted by Gasteiger charge is -2.24. The van der Waals surface area contributed by atoms with E-state index < -0.39 is 25.1 Å². The van der Waals surface area contributed by atoms with Crippen LogP contribution in [0.25, 0.3) is 10.9 Å². The normalized spacial score (nSPS) is 17.1. The summed E-state index contributed by atoms with van der Waals surface area (Å²) >= 11 is 5.81. The number of nitrogens with zero attached hydrogens (tertiary/aromatic N) is 2. The maximum Gasteiger partial charge on any atom is 0.243 e. The third kappa shape index (κ3) is 5.49. The molecule has 11 heteroatoms. The highest BCUT2D eigenvalue weighted by Gasteiger charge is 2.34. The van der Waals surface area contributed by atoms with Crippen molar-refractivity contribution in [3.63, 3.8) is 0 Å². The number of fused-ring (bicyclic) bond motifs is 1. The van der Waals surface area contributed by atoms with Crippen LogP contribution in [0.15, 0.2) is 42.6 Å². The summed E-state index contributed by atoms with van der Waals surface area (Å²) in [5.41, 5.74) is 1.14. The topological polar surface area (TPSA) is 109 Å². The second-order valence-electron chi connectivity index (χ2n) is 9.12. The largest absolute Gasteiger partial charge is 0.350 e. The van der Waals surface area contributed by atoms with E-state index in [0.717, 1.165) is 0 Å². The van der Waals surface area contributed by atoms with Crippen molar-refractivity contribution in [1.82, 2.24) is 14.8 Å². The Morgan fingerprint density at radius 2 is 2.00 bits per heavy atom. The molecule has 1 unspecified atom stereocenters. The fourth-order valence-electron chi connectivity index (χ4n) is 4.65. The lowest BCUT2D eigenvalue weighted by Crippen LogP contribution is -2.46. The van der Waals surface area contributed by atoms with Gasteiger partial charge in [-0.25, -0.2) is 4.39 Å². The molecule has 2 N–H and O–H groups in total. The van der Waals surface area contributed by atoms with Gasteiger partial charge in [-0.05, 0) is 38.0 Å². The van der Waals surface area contributed by atoms with Crippen LogP contribution in [0.3, 0.4) is 0 Å². The quantitative estimate of drug-likeness (QED) is 0.329. The second kappa shape index (κ2) is 10.8. The first kappa shape index (κ1) is 27.0. The number of benzene rings is 2. The molecule has 2 atom stereocenters. The van der Waals surface area contributed by atoms with Gasteiger partial charge in [-0.2, -0.15) is 0 Å². The van der Waals surface area contributed by atoms with Gasteiger partial charge in [0.15, 0.2) is 5.78 Å². The van der Waals surface area contributed by atoms with Crippen LogP contribution >= 0.6 is 19.0 Å². The van der Waals surface area contributed by atoms with Crippen LogP contribution < -0.4 is 10.6 Å². The number of hydrogen-bond donors (Lipinski definition) is 2. The molecule has 2 amide bonds. The number of nitrogens with one attached hydrogen (secondary N) is 1. The van der Waals surface area contributed by atoms with Crippen molar-refractivity contribution in [3.8, 4) is 0 Å². The van der Waals surface area contributed by atoms with Crippen LogP contribution in [0, 0.1) is 5.82 Å². The maximum atomic E-state index is 14.2. The first-order valence-electron chi connectivity index (χ1n) is 12.0. The Balaban J connectivity index is 1.55. The summed E-state index contributed by atoms with van der Waals surface area (Å²) in [6.45, 7) is 3.21. The number of ketones is 1. The molecule has 0 aliphatic carbocycles. The molecule has 0 saturated carbocycles. The van der Waals surface area contributed by atoms with E-state index >= 15 is 0 Å². The number of rotatable bonds is 8. The first-order valence-corrected chi connectivity index (χ1v) is 14.2. The van der Waals surface area contributed by atoms with E-state index in [2.05, 4.69) is 5.32 Å². The van der Waals surface area contributed by atoms with Crippen LogP contribution in [0.2, 0.25) is 5.02 Å². The number of Topliss-reactive ketones (excluding diaryl/α,β-unsaturated/α-hetero) is 1. The minimum absolute atomic E-state index is 0.0343. The Bertz CT molecular complexity index is 1440. The highest BCUT2D eigenvalue weighted by Crippen LogP contribution is 2.39. The molecule has 4 rings (SSSR count). The smallest absolute Gasteiger partial charge is 0.243 e. The SMILES string of the molecule is CCP(=O)(O)c1ccc2c(C(C)=O)cn(CC(=O)N3CCC[C@H]3C(=O)NCc3cccc(Cl)c3F)c2c1. The third-order valence-corrected chi connectivity index (χ3v) is 8.98. The average Bonchev–Trinajstić information content (AvgIpc) is 3.50. The van der Waals surface area contributed by atoms with Gasteiger partial charge in [0.25, 0.3) is 0 Å². The number of hydrogen-bond acceptors (Lipinski definition) is 4. The molecular formula is C26H28ClFN3O5P. The molecule has 1 aliphatic heterocycles. The van der Waals surface area contributed by atoms with Gasteiger partial charge < -0.3 is 19.7 Å². The Hall–Kier alpha value is -3.00. The molecule has 196 valence electrons. The standard InChI is InChI=1S/C26H28ClFN3O5P/c1-3-37(35,36)18-9-10-19-20(16(2)32)14-30(23(19)12-18)15-24(33)31-11-5-8-22(31)26(34)29-13-17-6-4-7-21(27)25(17)28/h4,6-7,9-10,12,14,22H,3,5,8,11,13,15H2,1-2H3,(H,29,34)(H,35,36)/t22-/m0/s1. The van der Waals surface area contributed by atoms with Crippen LogP contribution in [-0.4, -0.2) is 50.7 Å². The van der Waals surface area contributed by atoms with Gasteiger partial charge in [0.1, 0.15) is 18.4 Å². The Morgan fingerprint density at radius 1 is 1.24 bits per heavy atom. The Kier molecular flexibility index (Phi) is 7.88. The number of halogens is 2. The van der Waals surface area contributed by atoms with Crippen LogP contribution in [-0.2, 0) is 27.2 Å². The molecule has 3 aromatic rings. The molecule has 1 saturated heterocycles. The van der Waals surface area contributed by atoms with Gasteiger partial charge in [-0.1, -0.05) is 36.7 Å². The van der Waals surface area contributed by atoms with Crippen molar-refractivity contribution in [2.45, 2.75) is 45.8 Å². The summed E-state index contributed by atoms with van der Waals surface area (Å²) in [5.74, 6) is -1.51. The summed E-state index contributed by atoms with van der Waals surface area (Å²) in [6.07, 6.45) is 2.72. The summed E-state index contributed by atoms with van der Waals surface area (Å²) < 4.78 is 28.3. The van der Waals surface area contributed by atoms with Gasteiger partial charge in [0, 0.05) is 47.3 Å². The molecule has 8 nitrogen and oxygen atoms in total. The molecular weight excluding hydrogens is 520 g/mol. The fraction of sp³-hybridized carbons (Fsp3) is 0.346. The highest BCUT2D eigenvalue weighted by atomic mass is 35.5. The molecule has 1 aromatic heterocycles. The number of carbonyl (C=O) groups is 3. The zero-order valence-electron chi connectivity index (χ0n) is 20.5. The van der Waals surface area contributed by atoms with Gasteiger partial charge in [0.2, 0.25) is 19.2 Å². The van der Waals surface area contributed by atoms with E-state index in [9.17, 15) is 28.2 Å². The predicted octanol–water partition coefficient (Wildman–Crippen LogP) is 3.86. The lowest BCUT2D eigenvalue weighted by molar-refractivity contribution is -0.138. The summed E-state index contributed by atoms with van der Waals surface area (Å²) in [7, 11) is -3.56. The van der Waals surface area contributed by atoms with E-state index in [-0.39, 0.29) is 46.8 Å². The summed E-state index contributed by atoms with van der Waals surface area (Å²) in [4.78, 5) is 50.2. The number of likely N-dealkylation sites (tertiary alicyclic amines) is 1. The average molecular weight is 548 g/mol. The number of amides is 2. The van der Waals surface area contributed by atoms with Crippen molar-refractivity contribution in [3.05, 3.63) is 64.6 Å². The minimum atomic E-state index is -3.56. The van der Waals surface area contributed by atoms with Crippen LogP contribution in [0.1, 0.15) is 42.6 Å². The third-order valence-electron chi connectivity index (χ3n) is 6.74. The predicted molar refractivity (Wildman–Crippen MR) is 140 cm³/mol. The maximum absolute atomic E-state index is 14.2. The lowest BCUT2D eigenvalue weighted by atomic mass is 10.1. The molecule has 1 fully saturated rings. The van der Waals surface area contributed by atoms with Crippen molar-refractivity contribution in [2.75, 3.05) is 12.7 Å².